The molecule has 0 saturated heterocycles. The van der Waals surface area contributed by atoms with Crippen LogP contribution in [0.3, 0.4) is 0 Å². The van der Waals surface area contributed by atoms with Crippen molar-refractivity contribution < 1.29 is 14.0 Å². The average Bonchev–Trinajstić information content (AvgIpc) is 3.13. The molecule has 1 heterocycles. The number of hydrogen-bond acceptors (Lipinski definition) is 4. The third-order valence-electron chi connectivity index (χ3n) is 5.36. The van der Waals surface area contributed by atoms with Gasteiger partial charge in [-0.05, 0) is 45.7 Å². The number of carbonyl (C=O) groups excluding carboxylic acids is 1. The summed E-state index contributed by atoms with van der Waals surface area (Å²) in [5, 5.41) is 0. The number of nitrogens with zero attached hydrogens (tertiary/aromatic N) is 2. The van der Waals surface area contributed by atoms with Crippen molar-refractivity contribution in [1.29, 1.82) is 0 Å². The Kier molecular flexibility index (Phi) is 4.41. The Bertz CT molecular complexity index is 468. The minimum absolute atomic E-state index is 0.0624. The first kappa shape index (κ1) is 15.7. The zero-order valence-corrected chi connectivity index (χ0v) is 13.6. The van der Waals surface area contributed by atoms with Crippen LogP contribution in [0, 0.1) is 11.8 Å². The highest BCUT2D eigenvalue weighted by Gasteiger charge is 2.55. The van der Waals surface area contributed by atoms with Crippen LogP contribution in [0.5, 0.6) is 0 Å². The van der Waals surface area contributed by atoms with Gasteiger partial charge in [0.05, 0.1) is 12.7 Å². The molecule has 2 saturated carbocycles. The van der Waals surface area contributed by atoms with Gasteiger partial charge in [-0.1, -0.05) is 4.48 Å². The molecule has 0 spiro atoms. The third-order valence-corrected chi connectivity index (χ3v) is 5.36. The zero-order chi connectivity index (χ0) is 15.9. The van der Waals surface area contributed by atoms with Gasteiger partial charge in [-0.15, -0.1) is 0 Å². The highest BCUT2D eigenvalue weighted by atomic mass is 19.2. The summed E-state index contributed by atoms with van der Waals surface area (Å²) >= 11 is 0. The lowest BCUT2D eigenvalue weighted by molar-refractivity contribution is -0.122. The van der Waals surface area contributed by atoms with Crippen molar-refractivity contribution in [2.45, 2.75) is 44.4 Å². The van der Waals surface area contributed by atoms with Crippen LogP contribution in [-0.4, -0.2) is 61.1 Å². The molecule has 22 heavy (non-hydrogen) atoms. The van der Waals surface area contributed by atoms with Crippen LogP contribution < -0.4 is 5.54 Å². The molecule has 3 aliphatic rings. The number of nitrogens with one attached hydrogen (secondary N) is 1. The summed E-state index contributed by atoms with van der Waals surface area (Å²) in [5.41, 5.74) is 1.74. The van der Waals surface area contributed by atoms with Crippen LogP contribution >= 0.6 is 0 Å². The molecule has 124 valence electrons. The highest BCUT2D eigenvalue weighted by Crippen LogP contribution is 2.54. The van der Waals surface area contributed by atoms with Crippen LogP contribution in [-0.2, 0) is 9.53 Å². The van der Waals surface area contributed by atoms with Crippen molar-refractivity contribution in [2.75, 3.05) is 27.2 Å². The van der Waals surface area contributed by atoms with Gasteiger partial charge in [0.1, 0.15) is 0 Å². The van der Waals surface area contributed by atoms with Gasteiger partial charge in [0.25, 0.3) is 5.91 Å². The van der Waals surface area contributed by atoms with Gasteiger partial charge in [-0.2, -0.15) is 5.54 Å². The Hall–Kier alpha value is -1.14. The fourth-order valence-corrected chi connectivity index (χ4v) is 4.17. The molecule has 0 aromatic heterocycles. The fourth-order valence-electron chi connectivity index (χ4n) is 4.17. The number of rotatable bonds is 3. The summed E-state index contributed by atoms with van der Waals surface area (Å²) in [7, 11) is 4.23. The van der Waals surface area contributed by atoms with E-state index in [1.807, 2.05) is 13.1 Å². The SMILES string of the molecule is CC1CC(C(=O)NF)=CN([C@H]2C3CC3C[C@@H]2N(C)C)CCO1. The van der Waals surface area contributed by atoms with Gasteiger partial charge in [0.2, 0.25) is 0 Å². The monoisotopic (exact) mass is 311 g/mol. The van der Waals surface area contributed by atoms with Crippen molar-refractivity contribution in [3.63, 3.8) is 0 Å². The second kappa shape index (κ2) is 6.16. The lowest BCUT2D eigenvalue weighted by Gasteiger charge is -2.38. The van der Waals surface area contributed by atoms with E-state index in [-0.39, 0.29) is 6.10 Å². The summed E-state index contributed by atoms with van der Waals surface area (Å²) in [6.07, 6.45) is 4.76. The molecule has 5 atom stereocenters. The van der Waals surface area contributed by atoms with E-state index >= 15 is 0 Å². The summed E-state index contributed by atoms with van der Waals surface area (Å²) in [5.74, 6) is 0.874. The molecule has 0 radical (unpaired) electrons. The maximum atomic E-state index is 12.6. The molecular formula is C16H26FN3O2. The molecule has 3 unspecified atom stereocenters. The van der Waals surface area contributed by atoms with Crippen LogP contribution in [0.15, 0.2) is 11.8 Å². The number of likely N-dealkylation sites (N-methyl/N-ethyl adjacent to an activating group) is 1. The molecular weight excluding hydrogens is 285 g/mol. The van der Waals surface area contributed by atoms with Gasteiger partial charge >= 0.3 is 0 Å². The Morgan fingerprint density at radius 2 is 2.23 bits per heavy atom. The maximum Gasteiger partial charge on any atom is 0.276 e. The van der Waals surface area contributed by atoms with Crippen molar-refractivity contribution in [1.82, 2.24) is 15.3 Å². The topological polar surface area (TPSA) is 44.8 Å². The molecule has 0 aromatic carbocycles. The predicted octanol–water partition coefficient (Wildman–Crippen LogP) is 1.32. The van der Waals surface area contributed by atoms with E-state index in [9.17, 15) is 9.28 Å². The Morgan fingerprint density at radius 1 is 1.45 bits per heavy atom. The lowest BCUT2D eigenvalue weighted by Crippen LogP contribution is -2.48. The van der Waals surface area contributed by atoms with Gasteiger partial charge in [-0.3, -0.25) is 4.79 Å². The molecule has 3 rings (SSSR count). The summed E-state index contributed by atoms with van der Waals surface area (Å²) in [6, 6.07) is 0.894. The quantitative estimate of drug-likeness (QED) is 0.799. The van der Waals surface area contributed by atoms with Gasteiger partial charge < -0.3 is 14.5 Å². The zero-order valence-electron chi connectivity index (χ0n) is 13.6. The first-order valence-corrected chi connectivity index (χ1v) is 8.16. The van der Waals surface area contributed by atoms with Crippen molar-refractivity contribution in [3.8, 4) is 0 Å². The second-order valence-corrected chi connectivity index (χ2v) is 7.12. The first-order chi connectivity index (χ1) is 10.5. The molecule has 6 heteroatoms. The molecule has 1 N–H and O–H groups in total. The summed E-state index contributed by atoms with van der Waals surface area (Å²) in [6.45, 7) is 3.33. The highest BCUT2D eigenvalue weighted by molar-refractivity contribution is 5.92. The Balaban J connectivity index is 1.84. The van der Waals surface area contributed by atoms with Crippen LogP contribution in [0.2, 0.25) is 0 Å². The van der Waals surface area contributed by atoms with E-state index in [1.54, 1.807) is 0 Å². The number of fused-ring (bicyclic) bond motifs is 1. The van der Waals surface area contributed by atoms with E-state index < -0.39 is 5.91 Å². The smallest absolute Gasteiger partial charge is 0.276 e. The van der Waals surface area contributed by atoms with Crippen molar-refractivity contribution >= 4 is 5.91 Å². The molecule has 1 amide bonds. The molecule has 0 bridgehead atoms. The van der Waals surface area contributed by atoms with E-state index in [2.05, 4.69) is 23.9 Å². The van der Waals surface area contributed by atoms with Crippen molar-refractivity contribution in [3.05, 3.63) is 11.8 Å². The van der Waals surface area contributed by atoms with Gasteiger partial charge in [0, 0.05) is 36.8 Å². The number of hydrogen-bond donors (Lipinski definition) is 1. The molecule has 0 aromatic rings. The third kappa shape index (κ3) is 2.99. The second-order valence-electron chi connectivity index (χ2n) is 7.12. The van der Waals surface area contributed by atoms with Crippen LogP contribution in [0.1, 0.15) is 26.2 Å². The van der Waals surface area contributed by atoms with E-state index in [0.717, 1.165) is 12.5 Å². The van der Waals surface area contributed by atoms with Crippen LogP contribution in [0.4, 0.5) is 4.48 Å². The molecule has 2 aliphatic carbocycles. The average molecular weight is 311 g/mol. The van der Waals surface area contributed by atoms with Gasteiger partial charge in [-0.25, -0.2) is 0 Å². The number of amides is 1. The number of ether oxygens (including phenoxy) is 1. The summed E-state index contributed by atoms with van der Waals surface area (Å²) in [4.78, 5) is 16.3. The van der Waals surface area contributed by atoms with E-state index in [1.165, 1.54) is 18.4 Å². The predicted molar refractivity (Wildman–Crippen MR) is 81.5 cm³/mol. The standard InChI is InChI=1S/C16H26FN3O2/c1-10-6-12(16(21)18-17)9-20(4-5-22-10)15-13-7-11(13)8-14(15)19(2)3/h9-11,13-15H,4-8H2,1-3H3,(H,18,21)/t10?,11?,13?,14-,15-/m0/s1. The molecule has 2 fully saturated rings. The normalized spacial score (nSPS) is 38.1. The van der Waals surface area contributed by atoms with E-state index in [4.69, 9.17) is 4.74 Å². The largest absolute Gasteiger partial charge is 0.376 e. The Morgan fingerprint density at radius 3 is 2.91 bits per heavy atom. The number of carbonyl (C=O) groups is 1. The van der Waals surface area contributed by atoms with Gasteiger partial charge in [0.15, 0.2) is 0 Å². The van der Waals surface area contributed by atoms with Crippen LogP contribution in [0.25, 0.3) is 0 Å². The maximum absolute atomic E-state index is 12.6. The molecule has 1 aliphatic heterocycles. The Labute approximate surface area is 131 Å². The first-order valence-electron chi connectivity index (χ1n) is 8.16. The minimum Gasteiger partial charge on any atom is -0.376 e. The minimum atomic E-state index is -0.644. The summed E-state index contributed by atoms with van der Waals surface area (Å²) < 4.78 is 18.4. The van der Waals surface area contributed by atoms with Crippen molar-refractivity contribution in [2.24, 2.45) is 11.8 Å². The lowest BCUT2D eigenvalue weighted by atomic mass is 10.0. The van der Waals surface area contributed by atoms with E-state index in [0.29, 0.717) is 36.6 Å². The molecule has 5 nitrogen and oxygen atoms in total. The fraction of sp³-hybridized carbons (Fsp3) is 0.812. The number of halogens is 1.